The summed E-state index contributed by atoms with van der Waals surface area (Å²) in [5.74, 6) is 0.833. The van der Waals surface area contributed by atoms with Crippen LogP contribution in [-0.4, -0.2) is 7.05 Å². The van der Waals surface area contributed by atoms with Gasteiger partial charge < -0.3 is 5.73 Å². The van der Waals surface area contributed by atoms with Gasteiger partial charge >= 0.3 is 0 Å². The molecule has 18 heavy (non-hydrogen) atoms. The molecule has 1 heteroatoms. The summed E-state index contributed by atoms with van der Waals surface area (Å²) in [6, 6.07) is 0. The molecule has 0 atom stereocenters. The summed E-state index contributed by atoms with van der Waals surface area (Å²) < 4.78 is 0. The first-order valence-electron chi connectivity index (χ1n) is 6.32. The minimum atomic E-state index is 0.306. The van der Waals surface area contributed by atoms with Gasteiger partial charge in [0.15, 0.2) is 0 Å². The van der Waals surface area contributed by atoms with Crippen molar-refractivity contribution in [1.29, 1.82) is 0 Å². The van der Waals surface area contributed by atoms with E-state index in [1.807, 2.05) is 18.2 Å². The van der Waals surface area contributed by atoms with Crippen LogP contribution >= 0.6 is 0 Å². The second-order valence-corrected chi connectivity index (χ2v) is 5.16. The van der Waals surface area contributed by atoms with Crippen LogP contribution in [0.5, 0.6) is 0 Å². The third-order valence-corrected chi connectivity index (χ3v) is 0.996. The van der Waals surface area contributed by atoms with Crippen LogP contribution in [0.25, 0.3) is 0 Å². The van der Waals surface area contributed by atoms with Crippen molar-refractivity contribution < 1.29 is 0 Å². The van der Waals surface area contributed by atoms with Crippen LogP contribution in [0.4, 0.5) is 0 Å². The van der Waals surface area contributed by atoms with Gasteiger partial charge in [-0.1, -0.05) is 85.1 Å². The molecule has 0 unspecified atom stereocenters. The molecule has 0 heterocycles. The SMILES string of the molecule is C=C/C=C\C=C.C=CC(C)(C)C.CC(C)C.CN. The van der Waals surface area contributed by atoms with Gasteiger partial charge in [-0.05, 0) is 18.4 Å². The van der Waals surface area contributed by atoms with Gasteiger partial charge in [-0.3, -0.25) is 0 Å². The molecule has 0 rings (SSSR count). The van der Waals surface area contributed by atoms with Crippen molar-refractivity contribution in [3.63, 3.8) is 0 Å². The largest absolute Gasteiger partial charge is 0.333 e. The molecule has 0 spiro atoms. The average molecular weight is 253 g/mol. The Morgan fingerprint density at radius 3 is 1.06 bits per heavy atom. The highest BCUT2D eigenvalue weighted by molar-refractivity contribution is 5.05. The zero-order chi connectivity index (χ0) is 15.6. The maximum atomic E-state index is 4.50. The van der Waals surface area contributed by atoms with Gasteiger partial charge in [0.2, 0.25) is 0 Å². The van der Waals surface area contributed by atoms with E-state index in [1.165, 1.54) is 7.05 Å². The molecular formula is C17H35N. The summed E-state index contributed by atoms with van der Waals surface area (Å²) in [5, 5.41) is 0. The fourth-order valence-electron chi connectivity index (χ4n) is 0.157. The predicted octanol–water partition coefficient (Wildman–Crippen LogP) is 5.37. The Kier molecular flexibility index (Phi) is 30.3. The first kappa shape index (κ1) is 25.7. The second-order valence-electron chi connectivity index (χ2n) is 5.16. The molecule has 0 aliphatic carbocycles. The van der Waals surface area contributed by atoms with Crippen molar-refractivity contribution in [3.05, 3.63) is 50.1 Å². The highest BCUT2D eigenvalue weighted by atomic mass is 14.4. The van der Waals surface area contributed by atoms with E-state index in [4.69, 9.17) is 0 Å². The van der Waals surface area contributed by atoms with Crippen molar-refractivity contribution in [2.45, 2.75) is 41.5 Å². The van der Waals surface area contributed by atoms with Crippen molar-refractivity contribution >= 4 is 0 Å². The summed E-state index contributed by atoms with van der Waals surface area (Å²) in [6.07, 6.45) is 9.01. The summed E-state index contributed by atoms with van der Waals surface area (Å²) in [5.41, 5.74) is 4.81. The van der Waals surface area contributed by atoms with Gasteiger partial charge in [0.25, 0.3) is 0 Å². The average Bonchev–Trinajstić information content (AvgIpc) is 2.28. The van der Waals surface area contributed by atoms with Gasteiger partial charge in [-0.25, -0.2) is 0 Å². The normalized spacial score (nSPS) is 8.94. The van der Waals surface area contributed by atoms with Crippen molar-refractivity contribution in [1.82, 2.24) is 0 Å². The molecule has 0 saturated carbocycles. The molecule has 1 nitrogen and oxygen atoms in total. The van der Waals surface area contributed by atoms with E-state index in [2.05, 4.69) is 67.0 Å². The van der Waals surface area contributed by atoms with Gasteiger partial charge in [0, 0.05) is 0 Å². The molecule has 0 aliphatic heterocycles. The molecule has 0 fully saturated rings. The summed E-state index contributed by atoms with van der Waals surface area (Å²) in [7, 11) is 1.50. The number of rotatable bonds is 2. The second kappa shape index (κ2) is 21.2. The number of hydrogen-bond acceptors (Lipinski definition) is 1. The summed E-state index contributed by atoms with van der Waals surface area (Å²) >= 11 is 0. The third-order valence-electron chi connectivity index (χ3n) is 0.996. The summed E-state index contributed by atoms with van der Waals surface area (Å²) in [4.78, 5) is 0. The zero-order valence-corrected chi connectivity index (χ0v) is 13.7. The smallest absolute Gasteiger partial charge is 0.0195 e. The molecule has 2 N–H and O–H groups in total. The molecule has 0 bridgehead atoms. The Labute approximate surface area is 116 Å². The quantitative estimate of drug-likeness (QED) is 0.519. The Morgan fingerprint density at radius 2 is 1.00 bits per heavy atom. The number of hydrogen-bond donors (Lipinski definition) is 1. The fourth-order valence-corrected chi connectivity index (χ4v) is 0.157. The Hall–Kier alpha value is -1.08. The third kappa shape index (κ3) is 119. The highest BCUT2D eigenvalue weighted by Gasteiger charge is 1.99. The fraction of sp³-hybridized carbons (Fsp3) is 0.529. The summed E-state index contributed by atoms with van der Waals surface area (Å²) in [6.45, 7) is 23.4. The first-order chi connectivity index (χ1) is 8.21. The molecule has 0 aliphatic rings. The van der Waals surface area contributed by atoms with E-state index in [0.29, 0.717) is 5.41 Å². The molecule has 0 aromatic carbocycles. The maximum Gasteiger partial charge on any atom is -0.0195 e. The standard InChI is InChI=1S/C6H12.C6H8.C4H10.CH5N/c1-5-6(2,3)4;1-3-5-6-4-2;1-4(2)3;1-2/h5H,1H2,2-4H3;3-6H,1-2H2;4H,1-3H3;2H2,1H3/b;6-5-;;. The van der Waals surface area contributed by atoms with Crippen LogP contribution in [0, 0.1) is 11.3 Å². The van der Waals surface area contributed by atoms with E-state index in [1.54, 1.807) is 12.2 Å². The molecular weight excluding hydrogens is 218 g/mol. The van der Waals surface area contributed by atoms with Crippen molar-refractivity contribution in [2.24, 2.45) is 17.1 Å². The van der Waals surface area contributed by atoms with Crippen LogP contribution in [0.3, 0.4) is 0 Å². The minimum Gasteiger partial charge on any atom is -0.333 e. The molecule has 108 valence electrons. The van der Waals surface area contributed by atoms with Crippen LogP contribution in [0.15, 0.2) is 50.1 Å². The van der Waals surface area contributed by atoms with Crippen molar-refractivity contribution in [2.75, 3.05) is 7.05 Å². The molecule has 0 saturated heterocycles. The molecule has 0 radical (unpaired) electrons. The van der Waals surface area contributed by atoms with E-state index in [0.717, 1.165) is 5.92 Å². The van der Waals surface area contributed by atoms with Gasteiger partial charge in [0.05, 0.1) is 0 Å². The molecule has 0 aromatic heterocycles. The van der Waals surface area contributed by atoms with E-state index in [9.17, 15) is 0 Å². The Bertz CT molecular complexity index is 179. The topological polar surface area (TPSA) is 26.0 Å². The molecule has 0 amide bonds. The molecule has 0 aromatic rings. The van der Waals surface area contributed by atoms with Crippen LogP contribution < -0.4 is 5.73 Å². The first-order valence-corrected chi connectivity index (χ1v) is 6.32. The lowest BCUT2D eigenvalue weighted by Gasteiger charge is -2.08. The van der Waals surface area contributed by atoms with E-state index >= 15 is 0 Å². The highest BCUT2D eigenvalue weighted by Crippen LogP contribution is 2.11. The number of allylic oxidation sites excluding steroid dienone is 5. The van der Waals surface area contributed by atoms with Gasteiger partial charge in [-0.2, -0.15) is 0 Å². The Morgan fingerprint density at radius 1 is 0.833 bits per heavy atom. The van der Waals surface area contributed by atoms with E-state index < -0.39 is 0 Å². The van der Waals surface area contributed by atoms with Gasteiger partial charge in [-0.15, -0.1) is 6.58 Å². The zero-order valence-electron chi connectivity index (χ0n) is 13.7. The van der Waals surface area contributed by atoms with Gasteiger partial charge in [0.1, 0.15) is 0 Å². The van der Waals surface area contributed by atoms with Crippen LogP contribution in [0.2, 0.25) is 0 Å². The lowest BCUT2D eigenvalue weighted by molar-refractivity contribution is 0.546. The lowest BCUT2D eigenvalue weighted by Crippen LogP contribution is -1.96. The minimum absolute atomic E-state index is 0.306. The lowest BCUT2D eigenvalue weighted by atomic mass is 9.98. The predicted molar refractivity (Wildman–Crippen MR) is 89.8 cm³/mol. The monoisotopic (exact) mass is 253 g/mol. The van der Waals surface area contributed by atoms with E-state index in [-0.39, 0.29) is 0 Å². The van der Waals surface area contributed by atoms with Crippen molar-refractivity contribution in [3.8, 4) is 0 Å². The maximum absolute atomic E-state index is 4.50. The van der Waals surface area contributed by atoms with Crippen LogP contribution in [-0.2, 0) is 0 Å². The Balaban J connectivity index is -0.0000000777. The van der Waals surface area contributed by atoms with Crippen LogP contribution in [0.1, 0.15) is 41.5 Å². The number of nitrogens with two attached hydrogens (primary N) is 1.